The van der Waals surface area contributed by atoms with Gasteiger partial charge >= 0.3 is 0 Å². The predicted octanol–water partition coefficient (Wildman–Crippen LogP) is 3.26. The third kappa shape index (κ3) is 2.86. The van der Waals surface area contributed by atoms with Gasteiger partial charge in [-0.05, 0) is 42.6 Å². The summed E-state index contributed by atoms with van der Waals surface area (Å²) in [5.41, 5.74) is 1.13. The Morgan fingerprint density at radius 3 is 2.75 bits per heavy atom. The molecule has 4 heteroatoms. The standard InChI is InChI=1S/C12H20BrN3/c1-9(2)16-8-11(15-12(16)13)7-14-10-5-3-4-6-10/h8-10,14H,3-7H2,1-2H3. The van der Waals surface area contributed by atoms with E-state index in [4.69, 9.17) is 0 Å². The van der Waals surface area contributed by atoms with Crippen molar-refractivity contribution >= 4 is 15.9 Å². The highest BCUT2D eigenvalue weighted by atomic mass is 79.9. The van der Waals surface area contributed by atoms with E-state index in [1.807, 2.05) is 0 Å². The number of hydrogen-bond acceptors (Lipinski definition) is 2. The molecule has 0 spiro atoms. The van der Waals surface area contributed by atoms with Gasteiger partial charge in [-0.1, -0.05) is 12.8 Å². The number of halogens is 1. The van der Waals surface area contributed by atoms with Gasteiger partial charge in [0, 0.05) is 24.8 Å². The lowest BCUT2D eigenvalue weighted by atomic mass is 10.2. The lowest BCUT2D eigenvalue weighted by molar-refractivity contribution is 0.519. The third-order valence-corrected chi connectivity index (χ3v) is 3.81. The normalized spacial score (nSPS) is 17.5. The van der Waals surface area contributed by atoms with E-state index in [1.165, 1.54) is 25.7 Å². The van der Waals surface area contributed by atoms with Gasteiger partial charge in [-0.15, -0.1) is 0 Å². The molecule has 1 heterocycles. The molecule has 3 nitrogen and oxygen atoms in total. The molecule has 1 aromatic heterocycles. The Hall–Kier alpha value is -0.350. The molecule has 1 N–H and O–H groups in total. The molecular formula is C12H20BrN3. The Kier molecular flexibility index (Phi) is 4.03. The lowest BCUT2D eigenvalue weighted by Crippen LogP contribution is -2.25. The highest BCUT2D eigenvalue weighted by molar-refractivity contribution is 9.10. The van der Waals surface area contributed by atoms with E-state index >= 15 is 0 Å². The molecular weight excluding hydrogens is 266 g/mol. The Labute approximate surface area is 106 Å². The SMILES string of the molecule is CC(C)n1cc(CNC2CCCC2)nc1Br. The van der Waals surface area contributed by atoms with E-state index in [-0.39, 0.29) is 0 Å². The number of nitrogens with one attached hydrogen (secondary N) is 1. The molecule has 0 aliphatic heterocycles. The van der Waals surface area contributed by atoms with Crippen LogP contribution in [0.2, 0.25) is 0 Å². The first-order valence-electron chi connectivity index (χ1n) is 6.13. The topological polar surface area (TPSA) is 29.9 Å². The summed E-state index contributed by atoms with van der Waals surface area (Å²) < 4.78 is 3.09. The van der Waals surface area contributed by atoms with Crippen LogP contribution in [-0.4, -0.2) is 15.6 Å². The smallest absolute Gasteiger partial charge is 0.177 e. The average Bonchev–Trinajstić information content (AvgIpc) is 2.83. The lowest BCUT2D eigenvalue weighted by Gasteiger charge is -2.09. The van der Waals surface area contributed by atoms with Crippen LogP contribution in [0.4, 0.5) is 0 Å². The van der Waals surface area contributed by atoms with Crippen molar-refractivity contribution in [2.75, 3.05) is 0 Å². The summed E-state index contributed by atoms with van der Waals surface area (Å²) in [4.78, 5) is 4.51. The molecule has 1 aromatic rings. The minimum atomic E-state index is 0.460. The van der Waals surface area contributed by atoms with Gasteiger partial charge in [-0.25, -0.2) is 4.98 Å². The number of nitrogens with zero attached hydrogens (tertiary/aromatic N) is 2. The minimum Gasteiger partial charge on any atom is -0.323 e. The summed E-state index contributed by atoms with van der Waals surface area (Å²) in [7, 11) is 0. The highest BCUT2D eigenvalue weighted by Crippen LogP contribution is 2.19. The maximum atomic E-state index is 4.51. The van der Waals surface area contributed by atoms with Gasteiger partial charge < -0.3 is 9.88 Å². The molecule has 0 saturated heterocycles. The summed E-state index contributed by atoms with van der Waals surface area (Å²) in [5, 5.41) is 3.58. The van der Waals surface area contributed by atoms with Crippen molar-refractivity contribution in [2.45, 2.75) is 58.2 Å². The zero-order chi connectivity index (χ0) is 11.5. The van der Waals surface area contributed by atoms with E-state index in [2.05, 4.69) is 50.8 Å². The number of rotatable bonds is 4. The van der Waals surface area contributed by atoms with Gasteiger partial charge in [-0.3, -0.25) is 0 Å². The van der Waals surface area contributed by atoms with Gasteiger partial charge in [0.1, 0.15) is 0 Å². The largest absolute Gasteiger partial charge is 0.323 e. The number of imidazole rings is 1. The second kappa shape index (κ2) is 5.32. The van der Waals surface area contributed by atoms with Crippen LogP contribution in [0, 0.1) is 0 Å². The Morgan fingerprint density at radius 1 is 1.50 bits per heavy atom. The molecule has 0 atom stereocenters. The predicted molar refractivity (Wildman–Crippen MR) is 69.4 cm³/mol. The van der Waals surface area contributed by atoms with Crippen LogP contribution in [0.15, 0.2) is 10.9 Å². The molecule has 2 rings (SSSR count). The van der Waals surface area contributed by atoms with Crippen molar-refractivity contribution in [3.05, 3.63) is 16.6 Å². The van der Waals surface area contributed by atoms with Crippen LogP contribution in [0.1, 0.15) is 51.3 Å². The first kappa shape index (κ1) is 12.1. The maximum absolute atomic E-state index is 4.51. The Morgan fingerprint density at radius 2 is 2.19 bits per heavy atom. The van der Waals surface area contributed by atoms with Crippen molar-refractivity contribution in [1.29, 1.82) is 0 Å². The van der Waals surface area contributed by atoms with Crippen LogP contribution < -0.4 is 5.32 Å². The van der Waals surface area contributed by atoms with Crippen molar-refractivity contribution in [3.63, 3.8) is 0 Å². The van der Waals surface area contributed by atoms with Crippen LogP contribution >= 0.6 is 15.9 Å². The zero-order valence-corrected chi connectivity index (χ0v) is 11.6. The van der Waals surface area contributed by atoms with Gasteiger partial charge in [-0.2, -0.15) is 0 Å². The number of hydrogen-bond donors (Lipinski definition) is 1. The van der Waals surface area contributed by atoms with E-state index in [0.717, 1.165) is 17.0 Å². The quantitative estimate of drug-likeness (QED) is 0.920. The summed E-state index contributed by atoms with van der Waals surface area (Å²) in [6.07, 6.45) is 7.54. The van der Waals surface area contributed by atoms with E-state index < -0.39 is 0 Å². The number of aromatic nitrogens is 2. The van der Waals surface area contributed by atoms with Crippen molar-refractivity contribution in [1.82, 2.24) is 14.9 Å². The second-order valence-corrected chi connectivity index (χ2v) is 5.57. The third-order valence-electron chi connectivity index (χ3n) is 3.22. The Balaban J connectivity index is 1.91. The second-order valence-electron chi connectivity index (χ2n) is 4.86. The Bertz CT molecular complexity index is 340. The molecule has 1 aliphatic rings. The minimum absolute atomic E-state index is 0.460. The monoisotopic (exact) mass is 285 g/mol. The molecule has 1 aliphatic carbocycles. The molecule has 1 fully saturated rings. The molecule has 0 radical (unpaired) electrons. The van der Waals surface area contributed by atoms with E-state index in [9.17, 15) is 0 Å². The molecule has 90 valence electrons. The fraction of sp³-hybridized carbons (Fsp3) is 0.750. The molecule has 0 bridgehead atoms. The van der Waals surface area contributed by atoms with Crippen LogP contribution in [0.3, 0.4) is 0 Å². The first-order valence-corrected chi connectivity index (χ1v) is 6.92. The van der Waals surface area contributed by atoms with Gasteiger partial charge in [0.2, 0.25) is 0 Å². The van der Waals surface area contributed by atoms with E-state index in [1.54, 1.807) is 0 Å². The molecule has 1 saturated carbocycles. The van der Waals surface area contributed by atoms with Crippen LogP contribution in [0.25, 0.3) is 0 Å². The van der Waals surface area contributed by atoms with Gasteiger partial charge in [0.05, 0.1) is 5.69 Å². The van der Waals surface area contributed by atoms with Crippen molar-refractivity contribution in [3.8, 4) is 0 Å². The summed E-state index contributed by atoms with van der Waals surface area (Å²) in [6, 6.07) is 1.17. The van der Waals surface area contributed by atoms with Gasteiger partial charge in [0.15, 0.2) is 4.73 Å². The fourth-order valence-corrected chi connectivity index (χ4v) is 2.98. The van der Waals surface area contributed by atoms with Crippen molar-refractivity contribution in [2.24, 2.45) is 0 Å². The highest BCUT2D eigenvalue weighted by Gasteiger charge is 2.15. The molecule has 16 heavy (non-hydrogen) atoms. The molecule has 0 unspecified atom stereocenters. The molecule has 0 aromatic carbocycles. The molecule has 0 amide bonds. The summed E-state index contributed by atoms with van der Waals surface area (Å²) in [5.74, 6) is 0. The summed E-state index contributed by atoms with van der Waals surface area (Å²) in [6.45, 7) is 5.23. The van der Waals surface area contributed by atoms with Crippen LogP contribution in [0.5, 0.6) is 0 Å². The fourth-order valence-electron chi connectivity index (χ4n) is 2.25. The van der Waals surface area contributed by atoms with E-state index in [0.29, 0.717) is 12.1 Å². The average molecular weight is 286 g/mol. The van der Waals surface area contributed by atoms with Gasteiger partial charge in [0.25, 0.3) is 0 Å². The maximum Gasteiger partial charge on any atom is 0.177 e. The summed E-state index contributed by atoms with van der Waals surface area (Å²) >= 11 is 3.50. The zero-order valence-electron chi connectivity index (χ0n) is 10.0. The first-order chi connectivity index (χ1) is 7.66. The van der Waals surface area contributed by atoms with Crippen LogP contribution in [-0.2, 0) is 6.54 Å². The van der Waals surface area contributed by atoms with Crippen molar-refractivity contribution < 1.29 is 0 Å².